The molecule has 0 aliphatic carbocycles. The molecule has 0 spiro atoms. The Morgan fingerprint density at radius 1 is 1.15 bits per heavy atom. The number of amides is 1. The van der Waals surface area contributed by atoms with E-state index in [-0.39, 0.29) is 11.3 Å². The molecule has 118 valence electrons. The van der Waals surface area contributed by atoms with E-state index >= 15 is 0 Å². The molecule has 1 aliphatic rings. The van der Waals surface area contributed by atoms with Gasteiger partial charge in [0, 0.05) is 32.6 Å². The summed E-state index contributed by atoms with van der Waals surface area (Å²) in [5.41, 5.74) is 5.64. The molecule has 1 fully saturated rings. The van der Waals surface area contributed by atoms with Gasteiger partial charge in [0.2, 0.25) is 15.9 Å². The Morgan fingerprint density at radius 2 is 1.70 bits per heavy atom. The predicted molar refractivity (Wildman–Crippen MR) is 79.7 cm³/mol. The van der Waals surface area contributed by atoms with Gasteiger partial charge in [-0.1, -0.05) is 13.8 Å². The van der Waals surface area contributed by atoms with Gasteiger partial charge in [-0.05, 0) is 24.8 Å². The second-order valence-electron chi connectivity index (χ2n) is 6.25. The van der Waals surface area contributed by atoms with E-state index in [1.54, 1.807) is 4.90 Å². The van der Waals surface area contributed by atoms with Crippen LogP contribution in [0.2, 0.25) is 0 Å². The first kappa shape index (κ1) is 17.4. The van der Waals surface area contributed by atoms with E-state index in [2.05, 4.69) is 13.8 Å². The highest BCUT2D eigenvalue weighted by Gasteiger charge is 2.27. The third-order valence-electron chi connectivity index (χ3n) is 3.90. The smallest absolute Gasteiger partial charge is 0.222 e. The van der Waals surface area contributed by atoms with Crippen LogP contribution in [-0.4, -0.2) is 62.5 Å². The lowest BCUT2D eigenvalue weighted by Crippen LogP contribution is -2.50. The zero-order valence-corrected chi connectivity index (χ0v) is 13.6. The molecule has 0 aromatic heterocycles. The number of carbonyl (C=O) groups excluding carboxylic acids is 1. The molecule has 1 amide bonds. The highest BCUT2D eigenvalue weighted by Crippen LogP contribution is 2.26. The van der Waals surface area contributed by atoms with E-state index in [9.17, 15) is 13.2 Å². The molecule has 0 aromatic carbocycles. The molecule has 1 aliphatic heterocycles. The van der Waals surface area contributed by atoms with Crippen LogP contribution in [0.4, 0.5) is 0 Å². The van der Waals surface area contributed by atoms with Gasteiger partial charge in [-0.3, -0.25) is 4.79 Å². The zero-order valence-electron chi connectivity index (χ0n) is 12.8. The highest BCUT2D eigenvalue weighted by molar-refractivity contribution is 7.88. The van der Waals surface area contributed by atoms with E-state index in [1.165, 1.54) is 10.6 Å². The minimum absolute atomic E-state index is 0.0823. The third-order valence-corrected chi connectivity index (χ3v) is 5.20. The summed E-state index contributed by atoms with van der Waals surface area (Å²) in [5.74, 6) is 0.114. The van der Waals surface area contributed by atoms with Crippen LogP contribution in [-0.2, 0) is 14.8 Å². The number of rotatable bonds is 6. The summed E-state index contributed by atoms with van der Waals surface area (Å²) in [5, 5.41) is 0. The Hall–Kier alpha value is -0.660. The molecular formula is C13H27N3O3S. The molecule has 0 radical (unpaired) electrons. The van der Waals surface area contributed by atoms with Gasteiger partial charge in [-0.25, -0.2) is 8.42 Å². The lowest BCUT2D eigenvalue weighted by Gasteiger charge is -2.34. The van der Waals surface area contributed by atoms with Gasteiger partial charge in [-0.15, -0.1) is 0 Å². The van der Waals surface area contributed by atoms with E-state index in [0.29, 0.717) is 39.1 Å². The van der Waals surface area contributed by atoms with E-state index in [4.69, 9.17) is 5.73 Å². The van der Waals surface area contributed by atoms with Crippen LogP contribution in [0.5, 0.6) is 0 Å². The minimum Gasteiger partial charge on any atom is -0.340 e. The number of nitrogens with two attached hydrogens (primary N) is 1. The first-order valence-electron chi connectivity index (χ1n) is 7.09. The highest BCUT2D eigenvalue weighted by atomic mass is 32.2. The van der Waals surface area contributed by atoms with Crippen molar-refractivity contribution in [3.05, 3.63) is 0 Å². The first-order chi connectivity index (χ1) is 9.15. The van der Waals surface area contributed by atoms with E-state index < -0.39 is 10.0 Å². The Kier molecular flexibility index (Phi) is 5.97. The predicted octanol–water partition coefficient (Wildman–Crippen LogP) is 0.245. The van der Waals surface area contributed by atoms with Gasteiger partial charge < -0.3 is 10.6 Å². The average molecular weight is 305 g/mol. The van der Waals surface area contributed by atoms with E-state index in [1.807, 2.05) is 0 Å². The topological polar surface area (TPSA) is 83.7 Å². The zero-order chi connectivity index (χ0) is 15.4. The Bertz CT molecular complexity index is 426. The van der Waals surface area contributed by atoms with Crippen molar-refractivity contribution in [3.63, 3.8) is 0 Å². The van der Waals surface area contributed by atoms with Crippen LogP contribution < -0.4 is 5.73 Å². The molecule has 7 heteroatoms. The number of hydrogen-bond donors (Lipinski definition) is 1. The summed E-state index contributed by atoms with van der Waals surface area (Å²) in [7, 11) is -3.14. The second kappa shape index (κ2) is 6.87. The van der Waals surface area contributed by atoms with Crippen LogP contribution in [0.3, 0.4) is 0 Å². The Labute approximate surface area is 122 Å². The lowest BCUT2D eigenvalue weighted by atomic mass is 9.84. The van der Waals surface area contributed by atoms with Crippen molar-refractivity contribution in [1.82, 2.24) is 9.21 Å². The summed E-state index contributed by atoms with van der Waals surface area (Å²) in [6.07, 6.45) is 3.43. The van der Waals surface area contributed by atoms with Crippen LogP contribution in [0.25, 0.3) is 0 Å². The lowest BCUT2D eigenvalue weighted by molar-refractivity contribution is -0.133. The van der Waals surface area contributed by atoms with Crippen molar-refractivity contribution >= 4 is 15.9 Å². The molecule has 0 aromatic rings. The van der Waals surface area contributed by atoms with Crippen molar-refractivity contribution < 1.29 is 13.2 Å². The summed E-state index contributed by atoms with van der Waals surface area (Å²) in [4.78, 5) is 13.9. The van der Waals surface area contributed by atoms with Crippen LogP contribution in [0.1, 0.15) is 33.1 Å². The number of hydrogen-bond acceptors (Lipinski definition) is 4. The van der Waals surface area contributed by atoms with Gasteiger partial charge in [0.15, 0.2) is 0 Å². The normalized spacial score (nSPS) is 18.3. The first-order valence-corrected chi connectivity index (χ1v) is 8.93. The maximum Gasteiger partial charge on any atom is 0.222 e. The fourth-order valence-electron chi connectivity index (χ4n) is 2.39. The third kappa shape index (κ3) is 5.38. The summed E-state index contributed by atoms with van der Waals surface area (Å²) < 4.78 is 24.2. The molecule has 0 unspecified atom stereocenters. The number of nitrogens with zero attached hydrogens (tertiary/aromatic N) is 2. The van der Waals surface area contributed by atoms with Gasteiger partial charge in [-0.2, -0.15) is 4.31 Å². The van der Waals surface area contributed by atoms with Crippen molar-refractivity contribution in [2.45, 2.75) is 33.1 Å². The molecule has 1 rings (SSSR count). The number of piperazine rings is 1. The second-order valence-corrected chi connectivity index (χ2v) is 8.23. The summed E-state index contributed by atoms with van der Waals surface area (Å²) >= 11 is 0. The molecule has 6 nitrogen and oxygen atoms in total. The maximum absolute atomic E-state index is 12.1. The maximum atomic E-state index is 12.1. The van der Waals surface area contributed by atoms with Crippen molar-refractivity contribution in [3.8, 4) is 0 Å². The SMILES string of the molecule is CC(C)(CCN)CCC(=O)N1CCN(S(C)(=O)=O)CC1. The summed E-state index contributed by atoms with van der Waals surface area (Å²) in [6.45, 7) is 6.65. The van der Waals surface area contributed by atoms with Crippen LogP contribution in [0.15, 0.2) is 0 Å². The fraction of sp³-hybridized carbons (Fsp3) is 0.923. The average Bonchev–Trinajstić information content (AvgIpc) is 2.35. The summed E-state index contributed by atoms with van der Waals surface area (Å²) in [6, 6.07) is 0. The van der Waals surface area contributed by atoms with Gasteiger partial charge in [0.25, 0.3) is 0 Å². The monoisotopic (exact) mass is 305 g/mol. The van der Waals surface area contributed by atoms with E-state index in [0.717, 1.165) is 12.8 Å². The molecule has 20 heavy (non-hydrogen) atoms. The molecule has 2 N–H and O–H groups in total. The molecule has 0 atom stereocenters. The molecule has 0 bridgehead atoms. The van der Waals surface area contributed by atoms with Crippen LogP contribution >= 0.6 is 0 Å². The number of carbonyl (C=O) groups is 1. The van der Waals surface area contributed by atoms with Gasteiger partial charge >= 0.3 is 0 Å². The van der Waals surface area contributed by atoms with Crippen molar-refractivity contribution in [1.29, 1.82) is 0 Å². The minimum atomic E-state index is -3.14. The molecule has 1 heterocycles. The molecule has 1 saturated heterocycles. The largest absolute Gasteiger partial charge is 0.340 e. The fourth-order valence-corrected chi connectivity index (χ4v) is 3.21. The Balaban J connectivity index is 2.40. The molecule has 0 saturated carbocycles. The molecular weight excluding hydrogens is 278 g/mol. The van der Waals surface area contributed by atoms with Crippen LogP contribution in [0, 0.1) is 5.41 Å². The van der Waals surface area contributed by atoms with Crippen molar-refractivity contribution in [2.24, 2.45) is 11.1 Å². The Morgan fingerprint density at radius 3 is 2.15 bits per heavy atom. The standard InChI is InChI=1S/C13H27N3O3S/c1-13(2,6-7-14)5-4-12(17)15-8-10-16(11-9-15)20(3,18)19/h4-11,14H2,1-3H3. The number of sulfonamides is 1. The quantitative estimate of drug-likeness (QED) is 0.762. The van der Waals surface area contributed by atoms with Gasteiger partial charge in [0.1, 0.15) is 0 Å². The van der Waals surface area contributed by atoms with Gasteiger partial charge in [0.05, 0.1) is 6.26 Å². The van der Waals surface area contributed by atoms with Crippen molar-refractivity contribution in [2.75, 3.05) is 39.0 Å².